The number of hydrogen-bond acceptors (Lipinski definition) is 4. The van der Waals surface area contributed by atoms with E-state index in [0.717, 1.165) is 25.7 Å². The Morgan fingerprint density at radius 1 is 0.364 bits per heavy atom. The van der Waals surface area contributed by atoms with E-state index in [2.05, 4.69) is 83.1 Å². The van der Waals surface area contributed by atoms with Crippen LogP contribution in [0.4, 0.5) is 0 Å². The fourth-order valence-corrected chi connectivity index (χ4v) is 3.45. The van der Waals surface area contributed by atoms with Crippen molar-refractivity contribution in [1.29, 1.82) is 0 Å². The zero-order valence-electron chi connectivity index (χ0n) is 25.3. The summed E-state index contributed by atoms with van der Waals surface area (Å²) in [6, 6.07) is 0. The van der Waals surface area contributed by atoms with Gasteiger partial charge in [0, 0.05) is 0 Å². The van der Waals surface area contributed by atoms with Crippen LogP contribution in [0.1, 0.15) is 136 Å². The van der Waals surface area contributed by atoms with Crippen LogP contribution in [-0.2, 0) is 21.7 Å². The summed E-state index contributed by atoms with van der Waals surface area (Å²) in [5, 5.41) is 42.2. The van der Waals surface area contributed by atoms with Crippen LogP contribution >= 0.6 is 0 Å². The molecule has 0 aromatic heterocycles. The molecule has 4 unspecified atom stereocenters. The Balaban J connectivity index is -0.000000105. The fourth-order valence-electron chi connectivity index (χ4n) is 3.45. The Hall–Kier alpha value is 0.554. The molecule has 4 nitrogen and oxygen atoms in total. The molecule has 0 radical (unpaired) electrons. The summed E-state index contributed by atoms with van der Waals surface area (Å²) in [6.07, 6.45) is 1.45. The largest absolute Gasteiger partial charge is 4.00 e. The van der Waals surface area contributed by atoms with Crippen LogP contribution in [0.15, 0.2) is 0 Å². The van der Waals surface area contributed by atoms with Gasteiger partial charge in [0.25, 0.3) is 0 Å². The number of rotatable bonds is 4. The maximum atomic E-state index is 10.5. The van der Waals surface area contributed by atoms with Crippen molar-refractivity contribution < 1.29 is 42.1 Å². The normalized spacial score (nSPS) is 15.6. The van der Waals surface area contributed by atoms with E-state index in [9.17, 15) is 20.4 Å². The number of hydrogen-bond donors (Lipinski definition) is 0. The van der Waals surface area contributed by atoms with Crippen molar-refractivity contribution in [3.63, 3.8) is 0 Å². The molecule has 33 heavy (non-hydrogen) atoms. The van der Waals surface area contributed by atoms with Gasteiger partial charge in [-0.05, 0) is 21.7 Å². The second-order valence-corrected chi connectivity index (χ2v) is 14.3. The molecule has 0 aromatic carbocycles. The summed E-state index contributed by atoms with van der Waals surface area (Å²) in [7, 11) is 0. The molecule has 0 aliphatic heterocycles. The minimum absolute atomic E-state index is 0. The van der Waals surface area contributed by atoms with Crippen LogP contribution in [-0.4, -0.2) is 24.4 Å². The predicted octanol–water partition coefficient (Wildman–Crippen LogP) is 4.68. The molecule has 0 heterocycles. The molecule has 0 aliphatic rings. The Labute approximate surface area is 224 Å². The average Bonchev–Trinajstić information content (AvgIpc) is 2.26. The molecular weight excluding hydrogens is 448 g/mol. The Morgan fingerprint density at radius 2 is 0.455 bits per heavy atom. The molecule has 0 aliphatic carbocycles. The molecule has 0 aromatic rings. The molecular formula is C28H60O4Ti. The minimum atomic E-state index is -0.407. The third kappa shape index (κ3) is 71.9. The topological polar surface area (TPSA) is 92.2 Å². The van der Waals surface area contributed by atoms with Gasteiger partial charge in [0.05, 0.1) is 0 Å². The maximum absolute atomic E-state index is 10.5. The zero-order valence-corrected chi connectivity index (χ0v) is 26.8. The van der Waals surface area contributed by atoms with Crippen molar-refractivity contribution >= 4 is 0 Å². The van der Waals surface area contributed by atoms with Crippen LogP contribution < -0.4 is 20.4 Å². The first-order valence-electron chi connectivity index (χ1n) is 12.3. The van der Waals surface area contributed by atoms with Crippen LogP contribution in [0.2, 0.25) is 0 Å². The molecule has 0 N–H and O–H groups in total. The van der Waals surface area contributed by atoms with Crippen LogP contribution in [0.5, 0.6) is 0 Å². The van der Waals surface area contributed by atoms with E-state index in [1.54, 1.807) is 27.7 Å². The van der Waals surface area contributed by atoms with E-state index in [4.69, 9.17) is 0 Å². The van der Waals surface area contributed by atoms with Gasteiger partial charge in [0.2, 0.25) is 0 Å². The molecule has 0 rings (SSSR count). The average molecular weight is 509 g/mol. The van der Waals surface area contributed by atoms with E-state index >= 15 is 0 Å². The second-order valence-electron chi connectivity index (χ2n) is 14.3. The molecule has 0 saturated carbocycles. The summed E-state index contributed by atoms with van der Waals surface area (Å²) in [4.78, 5) is 0. The van der Waals surface area contributed by atoms with Crippen molar-refractivity contribution in [2.45, 2.75) is 161 Å². The van der Waals surface area contributed by atoms with Gasteiger partial charge < -0.3 is 20.4 Å². The third-order valence-electron chi connectivity index (χ3n) is 3.60. The van der Waals surface area contributed by atoms with Crippen molar-refractivity contribution in [3.05, 3.63) is 0 Å². The van der Waals surface area contributed by atoms with Gasteiger partial charge in [0.1, 0.15) is 0 Å². The predicted molar refractivity (Wildman–Crippen MR) is 134 cm³/mol. The third-order valence-corrected chi connectivity index (χ3v) is 3.60. The Bertz CT molecular complexity index is 324. The van der Waals surface area contributed by atoms with Gasteiger partial charge in [-0.2, -0.15) is 0 Å². The first kappa shape index (κ1) is 43.6. The molecule has 0 bridgehead atoms. The molecule has 0 spiro atoms. The SMILES string of the molecule is CC([O-])CC(C)(C)C.CC([O-])CC(C)(C)C.CC([O-])CC(C)(C)C.CC([O-])CC(C)(C)C.[Ti+4]. The monoisotopic (exact) mass is 508 g/mol. The van der Waals surface area contributed by atoms with Gasteiger partial charge in [-0.15, -0.1) is 24.4 Å². The second kappa shape index (κ2) is 19.7. The minimum Gasteiger partial charge on any atom is -0.852 e. The summed E-state index contributed by atoms with van der Waals surface area (Å²) in [5.74, 6) is 0. The van der Waals surface area contributed by atoms with Gasteiger partial charge in [0.15, 0.2) is 0 Å². The van der Waals surface area contributed by atoms with E-state index in [0.29, 0.717) is 0 Å². The van der Waals surface area contributed by atoms with Crippen molar-refractivity contribution in [3.8, 4) is 0 Å². The van der Waals surface area contributed by atoms with Crippen molar-refractivity contribution in [1.82, 2.24) is 0 Å². The summed E-state index contributed by atoms with van der Waals surface area (Å²) in [5.41, 5.74) is 0.838. The summed E-state index contributed by atoms with van der Waals surface area (Å²) >= 11 is 0. The summed E-state index contributed by atoms with van der Waals surface area (Å²) < 4.78 is 0. The van der Waals surface area contributed by atoms with Gasteiger partial charge in [-0.1, -0.05) is 136 Å². The molecule has 200 valence electrons. The van der Waals surface area contributed by atoms with Gasteiger partial charge in [-0.25, -0.2) is 0 Å². The molecule has 0 saturated heterocycles. The van der Waals surface area contributed by atoms with Crippen LogP contribution in [0.3, 0.4) is 0 Å². The molecule has 4 atom stereocenters. The fraction of sp³-hybridized carbons (Fsp3) is 1.00. The maximum Gasteiger partial charge on any atom is 4.00 e. The molecule has 5 heteroatoms. The van der Waals surface area contributed by atoms with Crippen LogP contribution in [0, 0.1) is 21.7 Å². The standard InChI is InChI=1S/4C7H15O.Ti/c4*1-6(8)5-7(2,3)4;/h4*6H,5H2,1-4H3;/q4*-1;+4. The molecule has 0 amide bonds. The zero-order chi connectivity index (χ0) is 27.1. The van der Waals surface area contributed by atoms with E-state index < -0.39 is 24.4 Å². The first-order chi connectivity index (χ1) is 13.7. The van der Waals surface area contributed by atoms with Crippen LogP contribution in [0.25, 0.3) is 0 Å². The quantitative estimate of drug-likeness (QED) is 0.516. The van der Waals surface area contributed by atoms with Crippen molar-refractivity contribution in [2.24, 2.45) is 21.7 Å². The summed E-state index contributed by atoms with van der Waals surface area (Å²) in [6.45, 7) is 31.9. The van der Waals surface area contributed by atoms with Gasteiger partial charge >= 0.3 is 21.7 Å². The van der Waals surface area contributed by atoms with Gasteiger partial charge in [-0.3, -0.25) is 0 Å². The van der Waals surface area contributed by atoms with E-state index in [1.165, 1.54) is 0 Å². The van der Waals surface area contributed by atoms with E-state index in [1.807, 2.05) is 0 Å². The van der Waals surface area contributed by atoms with E-state index in [-0.39, 0.29) is 43.4 Å². The van der Waals surface area contributed by atoms with Crippen molar-refractivity contribution in [2.75, 3.05) is 0 Å². The Kier molecular flexibility index (Phi) is 26.0. The molecule has 0 fully saturated rings. The first-order valence-corrected chi connectivity index (χ1v) is 12.3. The smallest absolute Gasteiger partial charge is 0.852 e. The Morgan fingerprint density at radius 3 is 0.455 bits per heavy atom.